The first-order chi connectivity index (χ1) is 14.3. The van der Waals surface area contributed by atoms with Gasteiger partial charge in [0.25, 0.3) is 5.91 Å². The molecule has 0 fully saturated rings. The van der Waals surface area contributed by atoms with Crippen LogP contribution in [0.15, 0.2) is 45.6 Å². The maximum atomic E-state index is 13.3. The van der Waals surface area contributed by atoms with Crippen molar-refractivity contribution in [1.82, 2.24) is 5.32 Å². The normalized spacial score (nSPS) is 11.9. The molecule has 1 amide bonds. The number of benzene rings is 2. The van der Waals surface area contributed by atoms with Crippen LogP contribution in [0.1, 0.15) is 31.4 Å². The van der Waals surface area contributed by atoms with Crippen molar-refractivity contribution in [3.05, 3.63) is 57.7 Å². The van der Waals surface area contributed by atoms with Crippen LogP contribution in [0.3, 0.4) is 0 Å². The zero-order valence-electron chi connectivity index (χ0n) is 18.0. The Morgan fingerprint density at radius 1 is 1.13 bits per heavy atom. The average molecular weight is 409 g/mol. The van der Waals surface area contributed by atoms with Gasteiger partial charge in [-0.25, -0.2) is 0 Å². The quantitative estimate of drug-likeness (QED) is 0.627. The fourth-order valence-corrected chi connectivity index (χ4v) is 3.05. The number of ether oxygens (including phenoxy) is 2. The van der Waals surface area contributed by atoms with Crippen LogP contribution in [0.25, 0.3) is 22.3 Å². The van der Waals surface area contributed by atoms with Gasteiger partial charge >= 0.3 is 0 Å². The van der Waals surface area contributed by atoms with Gasteiger partial charge in [-0.1, -0.05) is 6.92 Å². The maximum Gasteiger partial charge on any atom is 0.258 e. The van der Waals surface area contributed by atoms with Crippen LogP contribution in [0.5, 0.6) is 11.5 Å². The molecule has 3 aromatic rings. The molecule has 3 rings (SSSR count). The number of aryl methyl sites for hydroxylation is 2. The number of methoxy groups -OCH3 is 1. The SMILES string of the molecule is CC[C@H](C)NC(=O)COc1c(-c2ccc(OC)cc2)oc2cc(C)c(C)cc2c1=O. The predicted octanol–water partition coefficient (Wildman–Crippen LogP) is 4.38. The molecule has 30 heavy (non-hydrogen) atoms. The average Bonchev–Trinajstić information content (AvgIpc) is 2.74. The van der Waals surface area contributed by atoms with E-state index in [4.69, 9.17) is 13.9 Å². The zero-order chi connectivity index (χ0) is 21.8. The Bertz CT molecular complexity index is 1120. The molecule has 0 saturated carbocycles. The van der Waals surface area contributed by atoms with E-state index in [1.807, 2.05) is 33.8 Å². The van der Waals surface area contributed by atoms with Crippen LogP contribution in [-0.4, -0.2) is 25.7 Å². The highest BCUT2D eigenvalue weighted by atomic mass is 16.5. The van der Waals surface area contributed by atoms with E-state index in [2.05, 4.69) is 5.32 Å². The summed E-state index contributed by atoms with van der Waals surface area (Å²) in [5.41, 5.74) is 2.83. The topological polar surface area (TPSA) is 77.8 Å². The number of fused-ring (bicyclic) bond motifs is 1. The number of carbonyl (C=O) groups is 1. The molecule has 0 aliphatic rings. The van der Waals surface area contributed by atoms with E-state index in [1.54, 1.807) is 37.4 Å². The summed E-state index contributed by atoms with van der Waals surface area (Å²) in [7, 11) is 1.58. The summed E-state index contributed by atoms with van der Waals surface area (Å²) < 4.78 is 17.0. The minimum atomic E-state index is -0.304. The van der Waals surface area contributed by atoms with Gasteiger partial charge in [-0.3, -0.25) is 9.59 Å². The highest BCUT2D eigenvalue weighted by Crippen LogP contribution is 2.32. The molecule has 1 heterocycles. The number of hydrogen-bond acceptors (Lipinski definition) is 5. The summed E-state index contributed by atoms with van der Waals surface area (Å²) in [5, 5.41) is 3.26. The first-order valence-electron chi connectivity index (χ1n) is 9.98. The number of nitrogens with one attached hydrogen (secondary N) is 1. The summed E-state index contributed by atoms with van der Waals surface area (Å²) >= 11 is 0. The van der Waals surface area contributed by atoms with Crippen molar-refractivity contribution in [1.29, 1.82) is 0 Å². The summed E-state index contributed by atoms with van der Waals surface area (Å²) in [6.45, 7) is 7.53. The summed E-state index contributed by atoms with van der Waals surface area (Å²) in [5.74, 6) is 0.707. The second-order valence-corrected chi connectivity index (χ2v) is 7.42. The van der Waals surface area contributed by atoms with Crippen LogP contribution in [0.2, 0.25) is 0 Å². The van der Waals surface area contributed by atoms with Gasteiger partial charge in [-0.05, 0) is 74.7 Å². The van der Waals surface area contributed by atoms with Crippen molar-refractivity contribution in [3.8, 4) is 22.8 Å². The molecular weight excluding hydrogens is 382 g/mol. The maximum absolute atomic E-state index is 13.3. The Kier molecular flexibility index (Phi) is 6.45. The molecule has 0 radical (unpaired) electrons. The van der Waals surface area contributed by atoms with E-state index in [0.717, 1.165) is 17.5 Å². The predicted molar refractivity (Wildman–Crippen MR) is 117 cm³/mol. The van der Waals surface area contributed by atoms with Gasteiger partial charge in [0.2, 0.25) is 11.2 Å². The standard InChI is InChI=1S/C24H27NO5/c1-6-16(4)25-21(26)13-29-24-22(27)19-11-14(2)15(3)12-20(19)30-23(24)17-7-9-18(28-5)10-8-17/h7-12,16H,6,13H2,1-5H3,(H,25,26)/t16-/m0/s1. The second-order valence-electron chi connectivity index (χ2n) is 7.42. The van der Waals surface area contributed by atoms with Gasteiger partial charge in [0, 0.05) is 11.6 Å². The smallest absolute Gasteiger partial charge is 0.258 e. The molecule has 0 aliphatic heterocycles. The van der Waals surface area contributed by atoms with E-state index in [1.165, 1.54) is 0 Å². The van der Waals surface area contributed by atoms with Gasteiger partial charge in [0.05, 0.1) is 12.5 Å². The third-order valence-electron chi connectivity index (χ3n) is 5.18. The van der Waals surface area contributed by atoms with Crippen LogP contribution >= 0.6 is 0 Å². The van der Waals surface area contributed by atoms with Crippen LogP contribution in [0, 0.1) is 13.8 Å². The molecule has 0 aliphatic carbocycles. The highest BCUT2D eigenvalue weighted by molar-refractivity contribution is 5.84. The summed E-state index contributed by atoms with van der Waals surface area (Å²) in [6.07, 6.45) is 0.805. The lowest BCUT2D eigenvalue weighted by Crippen LogP contribution is -2.36. The molecule has 0 saturated heterocycles. The molecule has 2 aromatic carbocycles. The van der Waals surface area contributed by atoms with Crippen molar-refractivity contribution in [2.24, 2.45) is 0 Å². The molecular formula is C24H27NO5. The van der Waals surface area contributed by atoms with Crippen molar-refractivity contribution in [2.75, 3.05) is 13.7 Å². The number of rotatable bonds is 7. The fraction of sp³-hybridized carbons (Fsp3) is 0.333. The summed E-state index contributed by atoms with van der Waals surface area (Å²) in [6, 6.07) is 10.8. The lowest BCUT2D eigenvalue weighted by molar-refractivity contribution is -0.123. The lowest BCUT2D eigenvalue weighted by Gasteiger charge is -2.14. The van der Waals surface area contributed by atoms with Crippen LogP contribution < -0.4 is 20.2 Å². The van der Waals surface area contributed by atoms with Crippen molar-refractivity contribution < 1.29 is 18.7 Å². The number of carbonyl (C=O) groups excluding carboxylic acids is 1. The number of amides is 1. The van der Waals surface area contributed by atoms with Crippen molar-refractivity contribution in [2.45, 2.75) is 40.2 Å². The van der Waals surface area contributed by atoms with Gasteiger partial charge in [-0.15, -0.1) is 0 Å². The van der Waals surface area contributed by atoms with Gasteiger partial charge in [-0.2, -0.15) is 0 Å². The van der Waals surface area contributed by atoms with E-state index in [0.29, 0.717) is 22.3 Å². The first-order valence-corrected chi connectivity index (χ1v) is 9.98. The second kappa shape index (κ2) is 9.03. The zero-order valence-corrected chi connectivity index (χ0v) is 18.0. The van der Waals surface area contributed by atoms with Gasteiger partial charge < -0.3 is 19.2 Å². The third-order valence-corrected chi connectivity index (χ3v) is 5.18. The Morgan fingerprint density at radius 3 is 2.43 bits per heavy atom. The number of hydrogen-bond donors (Lipinski definition) is 1. The van der Waals surface area contributed by atoms with E-state index >= 15 is 0 Å². The Labute approximate surface area is 175 Å². The molecule has 6 heteroatoms. The van der Waals surface area contributed by atoms with E-state index < -0.39 is 0 Å². The van der Waals surface area contributed by atoms with E-state index in [-0.39, 0.29) is 35.5 Å². The molecule has 1 aromatic heterocycles. The van der Waals surface area contributed by atoms with Crippen LogP contribution in [0.4, 0.5) is 0 Å². The van der Waals surface area contributed by atoms with Crippen LogP contribution in [-0.2, 0) is 4.79 Å². The molecule has 0 unspecified atom stereocenters. The largest absolute Gasteiger partial charge is 0.497 e. The van der Waals surface area contributed by atoms with Crippen molar-refractivity contribution in [3.63, 3.8) is 0 Å². The lowest BCUT2D eigenvalue weighted by atomic mass is 10.0. The molecule has 6 nitrogen and oxygen atoms in total. The van der Waals surface area contributed by atoms with Gasteiger partial charge in [0.15, 0.2) is 12.4 Å². The highest BCUT2D eigenvalue weighted by Gasteiger charge is 2.20. The van der Waals surface area contributed by atoms with Gasteiger partial charge in [0.1, 0.15) is 11.3 Å². The third kappa shape index (κ3) is 4.48. The Morgan fingerprint density at radius 2 is 1.80 bits per heavy atom. The molecule has 0 spiro atoms. The Hall–Kier alpha value is -3.28. The Balaban J connectivity index is 2.09. The minimum absolute atomic E-state index is 0.0234. The first kappa shape index (κ1) is 21.4. The van der Waals surface area contributed by atoms with E-state index in [9.17, 15) is 9.59 Å². The summed E-state index contributed by atoms with van der Waals surface area (Å²) in [4.78, 5) is 25.5. The molecule has 1 atom stereocenters. The molecule has 0 bridgehead atoms. The molecule has 158 valence electrons. The minimum Gasteiger partial charge on any atom is -0.497 e. The van der Waals surface area contributed by atoms with Crippen molar-refractivity contribution >= 4 is 16.9 Å². The molecule has 1 N–H and O–H groups in total. The fourth-order valence-electron chi connectivity index (χ4n) is 3.05. The monoisotopic (exact) mass is 409 g/mol.